The van der Waals surface area contributed by atoms with E-state index in [2.05, 4.69) is 34.1 Å². The standard InChI is InChI=1S/C17H19N5O/c1-3-11(2)22-14-13(17(6-7-17)15(22)23)10-19-16(21-14)20-12-5-4-8-18-9-12/h4-5,8-11H,3,6-7H2,1-2H3,(H,19,20,21)/t11-/m0/s1. The van der Waals surface area contributed by atoms with Crippen molar-refractivity contribution in [1.29, 1.82) is 0 Å². The number of fused-ring (bicyclic) bond motifs is 2. The molecule has 1 aliphatic carbocycles. The highest BCUT2D eigenvalue weighted by Crippen LogP contribution is 2.57. The first-order valence-electron chi connectivity index (χ1n) is 8.04. The van der Waals surface area contributed by atoms with E-state index in [1.54, 1.807) is 12.4 Å². The second-order valence-electron chi connectivity index (χ2n) is 6.31. The number of nitrogens with one attached hydrogen (secondary N) is 1. The normalized spacial score (nSPS) is 18.9. The molecule has 3 heterocycles. The first kappa shape index (κ1) is 14.1. The van der Waals surface area contributed by atoms with Gasteiger partial charge in [-0.3, -0.25) is 14.7 Å². The number of nitrogens with zero attached hydrogens (tertiary/aromatic N) is 4. The SMILES string of the molecule is CC[C@H](C)N1C(=O)C2(CC2)c2cnc(Nc3cccnc3)nc21. The van der Waals surface area contributed by atoms with Crippen molar-refractivity contribution in [1.82, 2.24) is 15.0 Å². The van der Waals surface area contributed by atoms with Crippen molar-refractivity contribution in [3.63, 3.8) is 0 Å². The summed E-state index contributed by atoms with van der Waals surface area (Å²) in [6.07, 6.45) is 7.96. The number of rotatable bonds is 4. The van der Waals surface area contributed by atoms with Crippen LogP contribution in [0.3, 0.4) is 0 Å². The van der Waals surface area contributed by atoms with Crippen LogP contribution in [-0.4, -0.2) is 26.9 Å². The Bertz CT molecular complexity index is 757. The van der Waals surface area contributed by atoms with Crippen molar-refractivity contribution in [2.24, 2.45) is 0 Å². The van der Waals surface area contributed by atoms with E-state index in [9.17, 15) is 4.79 Å². The topological polar surface area (TPSA) is 71.0 Å². The summed E-state index contributed by atoms with van der Waals surface area (Å²) in [4.78, 5) is 27.8. The van der Waals surface area contributed by atoms with Gasteiger partial charge in [0.15, 0.2) is 0 Å². The Morgan fingerprint density at radius 3 is 2.87 bits per heavy atom. The van der Waals surface area contributed by atoms with Crippen molar-refractivity contribution >= 4 is 23.4 Å². The lowest BCUT2D eigenvalue weighted by atomic mass is 10.0. The maximum Gasteiger partial charge on any atom is 0.239 e. The molecule has 1 fully saturated rings. The minimum atomic E-state index is -0.342. The average Bonchev–Trinajstić information content (AvgIpc) is 3.33. The van der Waals surface area contributed by atoms with Gasteiger partial charge in [0.05, 0.1) is 17.3 Å². The van der Waals surface area contributed by atoms with Crippen molar-refractivity contribution in [2.45, 2.75) is 44.6 Å². The molecule has 23 heavy (non-hydrogen) atoms. The van der Waals surface area contributed by atoms with Crippen LogP contribution < -0.4 is 10.2 Å². The maximum atomic E-state index is 12.8. The van der Waals surface area contributed by atoms with Crippen molar-refractivity contribution in [3.05, 3.63) is 36.3 Å². The minimum Gasteiger partial charge on any atom is -0.323 e. The highest BCUT2D eigenvalue weighted by Gasteiger charge is 2.60. The highest BCUT2D eigenvalue weighted by atomic mass is 16.2. The predicted molar refractivity (Wildman–Crippen MR) is 87.7 cm³/mol. The van der Waals surface area contributed by atoms with Gasteiger partial charge in [0, 0.05) is 24.0 Å². The van der Waals surface area contributed by atoms with Crippen LogP contribution in [0.25, 0.3) is 0 Å². The van der Waals surface area contributed by atoms with Crippen LogP contribution in [0.4, 0.5) is 17.5 Å². The predicted octanol–water partition coefficient (Wildman–Crippen LogP) is 2.79. The Morgan fingerprint density at radius 2 is 2.22 bits per heavy atom. The molecule has 4 rings (SSSR count). The lowest BCUT2D eigenvalue weighted by Crippen LogP contribution is -2.39. The number of pyridine rings is 1. The van der Waals surface area contributed by atoms with Crippen LogP contribution >= 0.6 is 0 Å². The number of carbonyl (C=O) groups excluding carboxylic acids is 1. The van der Waals surface area contributed by atoms with E-state index >= 15 is 0 Å². The molecule has 0 saturated heterocycles. The summed E-state index contributed by atoms with van der Waals surface area (Å²) in [6.45, 7) is 4.16. The Kier molecular flexibility index (Phi) is 3.07. The number of carbonyl (C=O) groups is 1. The van der Waals surface area contributed by atoms with Crippen molar-refractivity contribution in [2.75, 3.05) is 10.2 Å². The van der Waals surface area contributed by atoms with Gasteiger partial charge in [0.1, 0.15) is 5.82 Å². The molecule has 2 aromatic heterocycles. The average molecular weight is 309 g/mol. The van der Waals surface area contributed by atoms with E-state index in [1.165, 1.54) is 0 Å². The van der Waals surface area contributed by atoms with Gasteiger partial charge in [-0.15, -0.1) is 0 Å². The second-order valence-corrected chi connectivity index (χ2v) is 6.31. The molecule has 1 N–H and O–H groups in total. The van der Waals surface area contributed by atoms with Crippen LogP contribution in [0, 0.1) is 0 Å². The van der Waals surface area contributed by atoms with Crippen LogP contribution in [0.5, 0.6) is 0 Å². The molecule has 1 spiro atoms. The molecule has 0 aromatic carbocycles. The summed E-state index contributed by atoms with van der Waals surface area (Å²) in [5.74, 6) is 1.45. The first-order valence-corrected chi connectivity index (χ1v) is 8.04. The van der Waals surface area contributed by atoms with Crippen LogP contribution in [0.1, 0.15) is 38.7 Å². The molecule has 1 saturated carbocycles. The molecule has 2 aliphatic rings. The van der Waals surface area contributed by atoms with Gasteiger partial charge in [0.2, 0.25) is 11.9 Å². The molecule has 1 aliphatic heterocycles. The Labute approximate surface area is 135 Å². The van der Waals surface area contributed by atoms with Gasteiger partial charge < -0.3 is 5.32 Å². The fourth-order valence-corrected chi connectivity index (χ4v) is 3.16. The summed E-state index contributed by atoms with van der Waals surface area (Å²) in [7, 11) is 0. The van der Waals surface area contributed by atoms with E-state index in [0.29, 0.717) is 5.95 Å². The summed E-state index contributed by atoms with van der Waals surface area (Å²) >= 11 is 0. The second kappa shape index (κ2) is 5.01. The third-order valence-electron chi connectivity index (χ3n) is 4.84. The van der Waals surface area contributed by atoms with Gasteiger partial charge in [-0.05, 0) is 38.3 Å². The van der Waals surface area contributed by atoms with Crippen LogP contribution in [0.15, 0.2) is 30.7 Å². The lowest BCUT2D eigenvalue weighted by molar-refractivity contribution is -0.120. The summed E-state index contributed by atoms with van der Waals surface area (Å²) in [6, 6.07) is 3.90. The molecular weight excluding hydrogens is 290 g/mol. The third kappa shape index (κ3) is 2.09. The zero-order chi connectivity index (χ0) is 16.0. The summed E-state index contributed by atoms with van der Waals surface area (Å²) in [5.41, 5.74) is 1.47. The molecule has 118 valence electrons. The van der Waals surface area contributed by atoms with Crippen molar-refractivity contribution in [3.8, 4) is 0 Å². The number of hydrogen-bond acceptors (Lipinski definition) is 5. The number of anilines is 3. The zero-order valence-corrected chi connectivity index (χ0v) is 13.3. The molecule has 6 heteroatoms. The van der Waals surface area contributed by atoms with Gasteiger partial charge in [0.25, 0.3) is 0 Å². The number of amides is 1. The van der Waals surface area contributed by atoms with Crippen LogP contribution in [0.2, 0.25) is 0 Å². The zero-order valence-electron chi connectivity index (χ0n) is 13.3. The van der Waals surface area contributed by atoms with E-state index in [1.807, 2.05) is 23.2 Å². The Balaban J connectivity index is 1.73. The molecule has 2 aromatic rings. The highest BCUT2D eigenvalue weighted by molar-refractivity contribution is 6.09. The summed E-state index contributed by atoms with van der Waals surface area (Å²) < 4.78 is 0. The lowest BCUT2D eigenvalue weighted by Gasteiger charge is -2.23. The fraction of sp³-hybridized carbons (Fsp3) is 0.412. The van der Waals surface area contributed by atoms with Gasteiger partial charge in [-0.1, -0.05) is 6.92 Å². The molecule has 6 nitrogen and oxygen atoms in total. The molecule has 0 radical (unpaired) electrons. The Hall–Kier alpha value is -2.50. The van der Waals surface area contributed by atoms with Crippen LogP contribution in [-0.2, 0) is 10.2 Å². The monoisotopic (exact) mass is 309 g/mol. The molecule has 0 unspecified atom stereocenters. The maximum absolute atomic E-state index is 12.8. The Morgan fingerprint density at radius 1 is 1.39 bits per heavy atom. The molecule has 0 bridgehead atoms. The van der Waals surface area contributed by atoms with Gasteiger partial charge in [-0.25, -0.2) is 4.98 Å². The minimum absolute atomic E-state index is 0.141. The van der Waals surface area contributed by atoms with Gasteiger partial charge in [-0.2, -0.15) is 4.98 Å². The van der Waals surface area contributed by atoms with E-state index in [4.69, 9.17) is 0 Å². The fourth-order valence-electron chi connectivity index (χ4n) is 3.16. The number of aromatic nitrogens is 3. The van der Waals surface area contributed by atoms with E-state index < -0.39 is 0 Å². The third-order valence-corrected chi connectivity index (χ3v) is 4.84. The smallest absolute Gasteiger partial charge is 0.239 e. The first-order chi connectivity index (χ1) is 11.2. The largest absolute Gasteiger partial charge is 0.323 e. The van der Waals surface area contributed by atoms with E-state index in [-0.39, 0.29) is 17.4 Å². The summed E-state index contributed by atoms with van der Waals surface area (Å²) in [5, 5.41) is 3.15. The van der Waals surface area contributed by atoms with Gasteiger partial charge >= 0.3 is 0 Å². The quantitative estimate of drug-likeness (QED) is 0.940. The number of hydrogen-bond donors (Lipinski definition) is 1. The molecule has 1 atom stereocenters. The van der Waals surface area contributed by atoms with E-state index in [0.717, 1.165) is 36.3 Å². The van der Waals surface area contributed by atoms with Crippen molar-refractivity contribution < 1.29 is 4.79 Å². The molecule has 1 amide bonds. The molecular formula is C17H19N5O.